The molecule has 29 heavy (non-hydrogen) atoms. The summed E-state index contributed by atoms with van der Waals surface area (Å²) < 4.78 is 5.55. The van der Waals surface area contributed by atoms with Gasteiger partial charge in [0.2, 0.25) is 5.91 Å². The fraction of sp³-hybridized carbons (Fsp3) is 0.565. The third-order valence-corrected chi connectivity index (χ3v) is 7.21. The number of benzene rings is 1. The molecule has 0 unspecified atom stereocenters. The number of hydrogen-bond acceptors (Lipinski definition) is 5. The molecule has 0 atom stereocenters. The number of hydrogen-bond donors (Lipinski definition) is 1. The van der Waals surface area contributed by atoms with E-state index in [-0.39, 0.29) is 11.4 Å². The number of rotatable bonds is 6. The molecule has 2 fully saturated rings. The van der Waals surface area contributed by atoms with Crippen LogP contribution in [0.3, 0.4) is 0 Å². The summed E-state index contributed by atoms with van der Waals surface area (Å²) in [5.74, 6) is 0.0731. The van der Waals surface area contributed by atoms with E-state index < -0.39 is 0 Å². The van der Waals surface area contributed by atoms with E-state index in [4.69, 9.17) is 4.74 Å². The zero-order valence-corrected chi connectivity index (χ0v) is 18.1. The van der Waals surface area contributed by atoms with E-state index in [1.54, 1.807) is 11.3 Å². The van der Waals surface area contributed by atoms with Gasteiger partial charge in [-0.3, -0.25) is 9.69 Å². The summed E-state index contributed by atoms with van der Waals surface area (Å²) in [6.45, 7) is 6.37. The molecule has 1 saturated heterocycles. The molecule has 2 aromatic rings. The molecule has 0 radical (unpaired) electrons. The molecular weight excluding hydrogens is 382 g/mol. The Morgan fingerprint density at radius 3 is 2.62 bits per heavy atom. The average Bonchev–Trinajstić information content (AvgIpc) is 3.22. The van der Waals surface area contributed by atoms with Crippen molar-refractivity contribution in [3.8, 4) is 10.6 Å². The molecule has 2 aliphatic rings. The lowest BCUT2D eigenvalue weighted by Gasteiger charge is -2.48. The van der Waals surface area contributed by atoms with Crippen LogP contribution in [-0.4, -0.2) is 54.2 Å². The number of nitrogens with one attached hydrogen (secondary N) is 1. The van der Waals surface area contributed by atoms with Crippen LogP contribution in [0.15, 0.2) is 29.6 Å². The van der Waals surface area contributed by atoms with E-state index >= 15 is 0 Å². The summed E-state index contributed by atoms with van der Waals surface area (Å²) in [5, 5.41) is 6.22. The number of amides is 1. The SMILES string of the molecule is Cc1ccc(-c2nc(CC(=O)NCC3(N4CCOCC4)CCCCC3)cs2)cc1. The predicted molar refractivity (Wildman–Crippen MR) is 117 cm³/mol. The largest absolute Gasteiger partial charge is 0.379 e. The molecule has 0 bridgehead atoms. The van der Waals surface area contributed by atoms with Gasteiger partial charge in [-0.25, -0.2) is 4.98 Å². The molecule has 1 amide bonds. The van der Waals surface area contributed by atoms with Crippen LogP contribution in [0, 0.1) is 6.92 Å². The maximum Gasteiger partial charge on any atom is 0.226 e. The van der Waals surface area contributed by atoms with Crippen LogP contribution in [0.4, 0.5) is 0 Å². The Morgan fingerprint density at radius 1 is 1.17 bits per heavy atom. The van der Waals surface area contributed by atoms with Crippen molar-refractivity contribution in [2.75, 3.05) is 32.8 Å². The second kappa shape index (κ2) is 9.37. The summed E-state index contributed by atoms with van der Waals surface area (Å²) in [7, 11) is 0. The maximum absolute atomic E-state index is 12.7. The second-order valence-electron chi connectivity index (χ2n) is 8.35. The molecule has 6 heteroatoms. The maximum atomic E-state index is 12.7. The zero-order valence-electron chi connectivity index (χ0n) is 17.3. The third-order valence-electron chi connectivity index (χ3n) is 6.27. The Hall–Kier alpha value is -1.76. The van der Waals surface area contributed by atoms with E-state index in [0.717, 1.165) is 49.1 Å². The lowest BCUT2D eigenvalue weighted by molar-refractivity contribution is -0.121. The van der Waals surface area contributed by atoms with Crippen molar-refractivity contribution in [3.05, 3.63) is 40.9 Å². The summed E-state index contributed by atoms with van der Waals surface area (Å²) in [6.07, 6.45) is 6.49. The Kier molecular flexibility index (Phi) is 6.63. The summed E-state index contributed by atoms with van der Waals surface area (Å²) in [5.41, 5.74) is 3.31. The van der Waals surface area contributed by atoms with E-state index in [1.165, 1.54) is 37.7 Å². The number of carbonyl (C=O) groups is 1. The highest BCUT2D eigenvalue weighted by atomic mass is 32.1. The molecule has 1 aromatic heterocycles. The third kappa shape index (κ3) is 5.05. The van der Waals surface area contributed by atoms with Crippen LogP contribution >= 0.6 is 11.3 Å². The lowest BCUT2D eigenvalue weighted by Crippen LogP contribution is -2.59. The van der Waals surface area contributed by atoms with Crippen LogP contribution in [0.2, 0.25) is 0 Å². The van der Waals surface area contributed by atoms with Gasteiger partial charge in [0.25, 0.3) is 0 Å². The van der Waals surface area contributed by atoms with Crippen LogP contribution < -0.4 is 5.32 Å². The van der Waals surface area contributed by atoms with Crippen LogP contribution in [0.1, 0.15) is 43.4 Å². The van der Waals surface area contributed by atoms with Crippen LogP contribution in [0.25, 0.3) is 10.6 Å². The Bertz CT molecular complexity index is 806. The zero-order chi connectivity index (χ0) is 20.1. The van der Waals surface area contributed by atoms with E-state index in [1.807, 2.05) is 5.38 Å². The van der Waals surface area contributed by atoms with Gasteiger partial charge in [-0.2, -0.15) is 0 Å². The van der Waals surface area contributed by atoms with E-state index in [0.29, 0.717) is 6.42 Å². The van der Waals surface area contributed by atoms with E-state index in [9.17, 15) is 4.79 Å². The quantitative estimate of drug-likeness (QED) is 0.782. The number of ether oxygens (including phenoxy) is 1. The average molecular weight is 414 g/mol. The molecule has 1 N–H and O–H groups in total. The van der Waals surface area contributed by atoms with Gasteiger partial charge in [0.15, 0.2) is 0 Å². The van der Waals surface area contributed by atoms with Gasteiger partial charge in [0, 0.05) is 36.1 Å². The first-order valence-corrected chi connectivity index (χ1v) is 11.6. The molecule has 1 aliphatic carbocycles. The van der Waals surface area contributed by atoms with Crippen molar-refractivity contribution in [1.82, 2.24) is 15.2 Å². The van der Waals surface area contributed by atoms with Crippen molar-refractivity contribution >= 4 is 17.2 Å². The number of aromatic nitrogens is 1. The van der Waals surface area contributed by atoms with Gasteiger partial charge >= 0.3 is 0 Å². The monoisotopic (exact) mass is 413 g/mol. The molecule has 1 aliphatic heterocycles. The topological polar surface area (TPSA) is 54.5 Å². The molecule has 0 spiro atoms. The van der Waals surface area contributed by atoms with Crippen molar-refractivity contribution < 1.29 is 9.53 Å². The molecule has 2 heterocycles. The van der Waals surface area contributed by atoms with Gasteiger partial charge in [0.05, 0.1) is 25.3 Å². The van der Waals surface area contributed by atoms with Crippen molar-refractivity contribution in [2.45, 2.75) is 51.0 Å². The summed E-state index contributed by atoms with van der Waals surface area (Å²) >= 11 is 1.61. The first-order chi connectivity index (χ1) is 14.1. The lowest BCUT2D eigenvalue weighted by atomic mass is 9.79. The number of carbonyl (C=O) groups excluding carboxylic acids is 1. The highest BCUT2D eigenvalue weighted by molar-refractivity contribution is 7.13. The Balaban J connectivity index is 1.35. The van der Waals surface area contributed by atoms with Gasteiger partial charge in [-0.1, -0.05) is 49.1 Å². The fourth-order valence-electron chi connectivity index (χ4n) is 4.56. The van der Waals surface area contributed by atoms with Crippen molar-refractivity contribution in [3.63, 3.8) is 0 Å². The molecule has 156 valence electrons. The van der Waals surface area contributed by atoms with Crippen molar-refractivity contribution in [2.24, 2.45) is 0 Å². The molecular formula is C23H31N3O2S. The minimum atomic E-state index is 0.0731. The normalized spacial score (nSPS) is 19.8. The van der Waals surface area contributed by atoms with E-state index in [2.05, 4.69) is 46.4 Å². The first kappa shape index (κ1) is 20.5. The smallest absolute Gasteiger partial charge is 0.226 e. The predicted octanol–water partition coefficient (Wildman–Crippen LogP) is 3.81. The first-order valence-electron chi connectivity index (χ1n) is 10.8. The fourth-order valence-corrected chi connectivity index (χ4v) is 5.39. The molecule has 1 saturated carbocycles. The van der Waals surface area contributed by atoms with Gasteiger partial charge in [-0.05, 0) is 19.8 Å². The van der Waals surface area contributed by atoms with Gasteiger partial charge in [0.1, 0.15) is 5.01 Å². The number of morpholine rings is 1. The van der Waals surface area contributed by atoms with Gasteiger partial charge < -0.3 is 10.1 Å². The minimum Gasteiger partial charge on any atom is -0.379 e. The molecule has 5 nitrogen and oxygen atoms in total. The standard InChI is InChI=1S/C23H31N3O2S/c1-18-5-7-19(8-6-18)22-25-20(16-29-22)15-21(27)24-17-23(9-3-2-4-10-23)26-11-13-28-14-12-26/h5-8,16H,2-4,9-15,17H2,1H3,(H,24,27). The van der Waals surface area contributed by atoms with Gasteiger partial charge in [-0.15, -0.1) is 11.3 Å². The number of nitrogens with zero attached hydrogens (tertiary/aromatic N) is 2. The molecule has 4 rings (SSSR count). The second-order valence-corrected chi connectivity index (χ2v) is 9.21. The Morgan fingerprint density at radius 2 is 1.90 bits per heavy atom. The summed E-state index contributed by atoms with van der Waals surface area (Å²) in [6, 6.07) is 8.37. The molecule has 1 aromatic carbocycles. The van der Waals surface area contributed by atoms with Crippen molar-refractivity contribution in [1.29, 1.82) is 0 Å². The number of aryl methyl sites for hydroxylation is 1. The van der Waals surface area contributed by atoms with Crippen LogP contribution in [-0.2, 0) is 16.0 Å². The summed E-state index contributed by atoms with van der Waals surface area (Å²) in [4.78, 5) is 19.9. The Labute approximate surface area is 177 Å². The highest BCUT2D eigenvalue weighted by Crippen LogP contribution is 2.34. The minimum absolute atomic E-state index is 0.0731. The number of thiazole rings is 1. The highest BCUT2D eigenvalue weighted by Gasteiger charge is 2.38. The van der Waals surface area contributed by atoms with Crippen LogP contribution in [0.5, 0.6) is 0 Å².